The van der Waals surface area contributed by atoms with Crippen LogP contribution < -0.4 is 10.6 Å². The Bertz CT molecular complexity index is 904. The summed E-state index contributed by atoms with van der Waals surface area (Å²) in [7, 11) is 0. The SMILES string of the molecule is Cc1ccccc1C(=O)N[C@H](C(=O)Nc1nc(CN2C[C@@H](C)O[C@H](C)C2)cs1)C(C)C. The van der Waals surface area contributed by atoms with Crippen molar-refractivity contribution in [3.8, 4) is 0 Å². The number of rotatable bonds is 7. The van der Waals surface area contributed by atoms with Crippen molar-refractivity contribution in [3.63, 3.8) is 0 Å². The van der Waals surface area contributed by atoms with Gasteiger partial charge >= 0.3 is 0 Å². The highest BCUT2D eigenvalue weighted by Crippen LogP contribution is 2.20. The summed E-state index contributed by atoms with van der Waals surface area (Å²) in [6.45, 7) is 12.3. The standard InChI is InChI=1S/C23H32N4O3S/c1-14(2)20(25-21(28)19-9-7-6-8-15(19)3)22(29)26-23-24-18(13-31-23)12-27-10-16(4)30-17(5)11-27/h6-9,13-14,16-17,20H,10-12H2,1-5H3,(H,25,28)(H,24,26,29)/t16-,17-,20+/m1/s1. The molecule has 2 amide bonds. The summed E-state index contributed by atoms with van der Waals surface area (Å²) in [4.78, 5) is 32.5. The van der Waals surface area contributed by atoms with Gasteiger partial charge in [-0.1, -0.05) is 32.0 Å². The predicted molar refractivity (Wildman–Crippen MR) is 123 cm³/mol. The molecule has 1 saturated heterocycles. The summed E-state index contributed by atoms with van der Waals surface area (Å²) in [5, 5.41) is 8.28. The van der Waals surface area contributed by atoms with E-state index in [1.807, 2.05) is 44.4 Å². The normalized spacial score (nSPS) is 20.5. The van der Waals surface area contributed by atoms with Crippen molar-refractivity contribution in [2.24, 2.45) is 5.92 Å². The summed E-state index contributed by atoms with van der Waals surface area (Å²) in [5.74, 6) is -0.572. The van der Waals surface area contributed by atoms with Gasteiger partial charge in [0.15, 0.2) is 5.13 Å². The number of anilines is 1. The summed E-state index contributed by atoms with van der Waals surface area (Å²) < 4.78 is 5.78. The van der Waals surface area contributed by atoms with Crippen molar-refractivity contribution in [1.29, 1.82) is 0 Å². The van der Waals surface area contributed by atoms with Gasteiger partial charge in [-0.3, -0.25) is 14.5 Å². The van der Waals surface area contributed by atoms with Crippen LogP contribution in [-0.2, 0) is 16.1 Å². The van der Waals surface area contributed by atoms with Crippen molar-refractivity contribution >= 4 is 28.3 Å². The fraction of sp³-hybridized carbons (Fsp3) is 0.522. The minimum absolute atomic E-state index is 0.0660. The van der Waals surface area contributed by atoms with Crippen LogP contribution in [0.15, 0.2) is 29.6 Å². The number of nitrogens with zero attached hydrogens (tertiary/aromatic N) is 2. The summed E-state index contributed by atoms with van der Waals surface area (Å²) in [5.41, 5.74) is 2.37. The fourth-order valence-electron chi connectivity index (χ4n) is 3.84. The smallest absolute Gasteiger partial charge is 0.252 e. The number of hydrogen-bond acceptors (Lipinski definition) is 6. The number of nitrogens with one attached hydrogen (secondary N) is 2. The second kappa shape index (κ2) is 10.3. The van der Waals surface area contributed by atoms with Crippen LogP contribution in [0, 0.1) is 12.8 Å². The van der Waals surface area contributed by atoms with Crippen molar-refractivity contribution in [2.75, 3.05) is 18.4 Å². The van der Waals surface area contributed by atoms with Gasteiger partial charge in [0.2, 0.25) is 5.91 Å². The lowest BCUT2D eigenvalue weighted by Gasteiger charge is -2.34. The van der Waals surface area contributed by atoms with Crippen molar-refractivity contribution in [2.45, 2.75) is 59.4 Å². The molecule has 1 aliphatic rings. The molecule has 2 N–H and O–H groups in total. The molecule has 0 bridgehead atoms. The maximum atomic E-state index is 12.9. The molecule has 31 heavy (non-hydrogen) atoms. The number of benzene rings is 1. The molecule has 1 aromatic carbocycles. The van der Waals surface area contributed by atoms with E-state index in [1.54, 1.807) is 6.07 Å². The molecule has 7 nitrogen and oxygen atoms in total. The first kappa shape index (κ1) is 23.4. The van der Waals surface area contributed by atoms with Crippen LogP contribution in [0.1, 0.15) is 49.3 Å². The van der Waals surface area contributed by atoms with Gasteiger partial charge in [-0.15, -0.1) is 11.3 Å². The summed E-state index contributed by atoms with van der Waals surface area (Å²) in [6, 6.07) is 6.70. The molecule has 2 heterocycles. The molecule has 1 fully saturated rings. The quantitative estimate of drug-likeness (QED) is 0.683. The monoisotopic (exact) mass is 444 g/mol. The van der Waals surface area contributed by atoms with Crippen LogP contribution >= 0.6 is 11.3 Å². The van der Waals surface area contributed by atoms with Gasteiger partial charge in [0.1, 0.15) is 6.04 Å². The largest absolute Gasteiger partial charge is 0.373 e. The lowest BCUT2D eigenvalue weighted by molar-refractivity contribution is -0.118. The average molecular weight is 445 g/mol. The molecular formula is C23H32N4O3S. The second-order valence-corrected chi connectivity index (χ2v) is 9.45. The third kappa shape index (κ3) is 6.35. The first-order chi connectivity index (χ1) is 14.7. The Kier molecular flexibility index (Phi) is 7.80. The molecule has 3 rings (SSSR count). The molecule has 1 aromatic heterocycles. The van der Waals surface area contributed by atoms with Gasteiger partial charge in [-0.05, 0) is 38.3 Å². The molecule has 168 valence electrons. The third-order valence-electron chi connectivity index (χ3n) is 5.29. The Balaban J connectivity index is 1.61. The number of carbonyl (C=O) groups is 2. The molecule has 0 spiro atoms. The Morgan fingerprint density at radius 2 is 1.90 bits per heavy atom. The fourth-order valence-corrected chi connectivity index (χ4v) is 4.55. The van der Waals surface area contributed by atoms with Gasteiger partial charge in [-0.2, -0.15) is 0 Å². The number of morpholine rings is 1. The number of aryl methyl sites for hydroxylation is 1. The van der Waals surface area contributed by atoms with Crippen LogP contribution in [-0.4, -0.2) is 53.0 Å². The zero-order valence-electron chi connectivity index (χ0n) is 18.8. The van der Waals surface area contributed by atoms with Crippen LogP contribution in [0.2, 0.25) is 0 Å². The van der Waals surface area contributed by atoms with E-state index in [0.29, 0.717) is 10.7 Å². The van der Waals surface area contributed by atoms with E-state index < -0.39 is 6.04 Å². The summed E-state index contributed by atoms with van der Waals surface area (Å²) >= 11 is 1.40. The van der Waals surface area contributed by atoms with E-state index in [4.69, 9.17) is 4.74 Å². The minimum atomic E-state index is -0.652. The van der Waals surface area contributed by atoms with Gasteiger partial charge < -0.3 is 15.4 Å². The molecule has 8 heteroatoms. The number of thiazole rings is 1. The Morgan fingerprint density at radius 3 is 2.55 bits per heavy atom. The topological polar surface area (TPSA) is 83.6 Å². The Morgan fingerprint density at radius 1 is 1.23 bits per heavy atom. The molecule has 0 radical (unpaired) electrons. The zero-order valence-corrected chi connectivity index (χ0v) is 19.7. The minimum Gasteiger partial charge on any atom is -0.373 e. The van der Waals surface area contributed by atoms with Gasteiger partial charge in [0, 0.05) is 30.6 Å². The first-order valence-corrected chi connectivity index (χ1v) is 11.6. The van der Waals surface area contributed by atoms with Gasteiger partial charge in [0.05, 0.1) is 17.9 Å². The molecular weight excluding hydrogens is 412 g/mol. The highest BCUT2D eigenvalue weighted by atomic mass is 32.1. The van der Waals surface area contributed by atoms with Crippen molar-refractivity contribution in [3.05, 3.63) is 46.5 Å². The molecule has 0 aliphatic carbocycles. The highest BCUT2D eigenvalue weighted by molar-refractivity contribution is 7.13. The van der Waals surface area contributed by atoms with Gasteiger partial charge in [-0.25, -0.2) is 4.98 Å². The maximum Gasteiger partial charge on any atom is 0.252 e. The van der Waals surface area contributed by atoms with E-state index in [1.165, 1.54) is 11.3 Å². The van der Waals surface area contributed by atoms with E-state index in [9.17, 15) is 9.59 Å². The first-order valence-electron chi connectivity index (χ1n) is 10.7. The molecule has 0 saturated carbocycles. The van der Waals surface area contributed by atoms with Crippen LogP contribution in [0.25, 0.3) is 0 Å². The number of amides is 2. The van der Waals surface area contributed by atoms with Crippen molar-refractivity contribution < 1.29 is 14.3 Å². The average Bonchev–Trinajstić information content (AvgIpc) is 3.11. The lowest BCUT2D eigenvalue weighted by atomic mass is 10.0. The molecule has 1 aliphatic heterocycles. The number of ether oxygens (including phenoxy) is 1. The highest BCUT2D eigenvalue weighted by Gasteiger charge is 2.26. The lowest BCUT2D eigenvalue weighted by Crippen LogP contribution is -2.47. The summed E-state index contributed by atoms with van der Waals surface area (Å²) in [6.07, 6.45) is 0.399. The Hall–Kier alpha value is -2.29. The number of aromatic nitrogens is 1. The Labute approximate surface area is 188 Å². The maximum absolute atomic E-state index is 12.9. The van der Waals surface area contributed by atoms with E-state index >= 15 is 0 Å². The number of carbonyl (C=O) groups excluding carboxylic acids is 2. The van der Waals surface area contributed by atoms with Crippen LogP contribution in [0.4, 0.5) is 5.13 Å². The number of hydrogen-bond donors (Lipinski definition) is 2. The van der Waals surface area contributed by atoms with Crippen LogP contribution in [0.3, 0.4) is 0 Å². The molecule has 3 atom stereocenters. The van der Waals surface area contributed by atoms with Crippen molar-refractivity contribution in [1.82, 2.24) is 15.2 Å². The van der Waals surface area contributed by atoms with E-state index in [2.05, 4.69) is 34.4 Å². The second-order valence-electron chi connectivity index (χ2n) is 8.59. The third-order valence-corrected chi connectivity index (χ3v) is 6.09. The van der Waals surface area contributed by atoms with E-state index in [0.717, 1.165) is 30.9 Å². The molecule has 0 unspecified atom stereocenters. The zero-order chi connectivity index (χ0) is 22.5. The molecule has 2 aromatic rings. The van der Waals surface area contributed by atoms with Gasteiger partial charge in [0.25, 0.3) is 5.91 Å². The van der Waals surface area contributed by atoms with Crippen LogP contribution in [0.5, 0.6) is 0 Å². The predicted octanol–water partition coefficient (Wildman–Crippen LogP) is 3.45. The van der Waals surface area contributed by atoms with E-state index in [-0.39, 0.29) is 29.9 Å².